The summed E-state index contributed by atoms with van der Waals surface area (Å²) >= 11 is 0. The van der Waals surface area contributed by atoms with E-state index in [1.165, 1.54) is 5.56 Å². The minimum atomic E-state index is -0.509. The SMILES string of the molecule is CC(C)C[C@@H]([C]=O)NC(=O)N1CCN(Cc2ccccc2)CC1. The lowest BCUT2D eigenvalue weighted by Crippen LogP contribution is -2.53. The molecule has 1 aliphatic heterocycles. The van der Waals surface area contributed by atoms with Gasteiger partial charge in [-0.05, 0) is 17.9 Å². The molecule has 0 aromatic heterocycles. The summed E-state index contributed by atoms with van der Waals surface area (Å²) in [5.41, 5.74) is 1.29. The Kier molecular flexibility index (Phi) is 6.59. The number of urea groups is 1. The molecule has 1 fully saturated rings. The van der Waals surface area contributed by atoms with Gasteiger partial charge in [0.15, 0.2) is 0 Å². The van der Waals surface area contributed by atoms with Crippen LogP contribution in [0.3, 0.4) is 0 Å². The Hall–Kier alpha value is -1.88. The van der Waals surface area contributed by atoms with E-state index in [0.29, 0.717) is 25.4 Å². The molecule has 0 aliphatic carbocycles. The van der Waals surface area contributed by atoms with Crippen molar-refractivity contribution in [3.63, 3.8) is 0 Å². The fourth-order valence-electron chi connectivity index (χ4n) is 2.80. The van der Waals surface area contributed by atoms with Gasteiger partial charge in [-0.25, -0.2) is 4.79 Å². The van der Waals surface area contributed by atoms with Crippen molar-refractivity contribution >= 4 is 12.3 Å². The van der Waals surface area contributed by atoms with Crippen molar-refractivity contribution in [2.24, 2.45) is 5.92 Å². The van der Waals surface area contributed by atoms with E-state index in [1.54, 1.807) is 4.90 Å². The third-order valence-corrected chi connectivity index (χ3v) is 4.06. The summed E-state index contributed by atoms with van der Waals surface area (Å²) in [6.45, 7) is 8.04. The van der Waals surface area contributed by atoms with Gasteiger partial charge in [0.2, 0.25) is 6.29 Å². The third kappa shape index (κ3) is 5.67. The van der Waals surface area contributed by atoms with Gasteiger partial charge in [-0.3, -0.25) is 9.69 Å². The van der Waals surface area contributed by atoms with Gasteiger partial charge in [0.05, 0.1) is 6.04 Å². The highest BCUT2D eigenvalue weighted by molar-refractivity contribution is 5.78. The van der Waals surface area contributed by atoms with E-state index < -0.39 is 6.04 Å². The Balaban J connectivity index is 1.77. The number of nitrogens with one attached hydrogen (secondary N) is 1. The van der Waals surface area contributed by atoms with Gasteiger partial charge in [0.1, 0.15) is 0 Å². The smallest absolute Gasteiger partial charge is 0.318 e. The molecule has 1 aromatic rings. The lowest BCUT2D eigenvalue weighted by Gasteiger charge is -2.35. The Morgan fingerprint density at radius 1 is 1.17 bits per heavy atom. The molecule has 1 radical (unpaired) electrons. The number of carbonyl (C=O) groups is 1. The van der Waals surface area contributed by atoms with Gasteiger partial charge in [-0.1, -0.05) is 44.2 Å². The molecule has 23 heavy (non-hydrogen) atoms. The minimum Gasteiger partial charge on any atom is -0.328 e. The Bertz CT molecular complexity index is 496. The maximum Gasteiger partial charge on any atom is 0.318 e. The largest absolute Gasteiger partial charge is 0.328 e. The topological polar surface area (TPSA) is 52.7 Å². The lowest BCUT2D eigenvalue weighted by molar-refractivity contribution is 0.134. The molecule has 0 spiro atoms. The van der Waals surface area contributed by atoms with Crippen molar-refractivity contribution in [1.29, 1.82) is 0 Å². The summed E-state index contributed by atoms with van der Waals surface area (Å²) in [5.74, 6) is 0.351. The van der Waals surface area contributed by atoms with E-state index in [0.717, 1.165) is 19.6 Å². The van der Waals surface area contributed by atoms with E-state index in [-0.39, 0.29) is 6.03 Å². The summed E-state index contributed by atoms with van der Waals surface area (Å²) in [4.78, 5) is 27.3. The van der Waals surface area contributed by atoms with Crippen molar-refractivity contribution in [2.45, 2.75) is 32.9 Å². The number of nitrogens with zero attached hydrogens (tertiary/aromatic N) is 2. The normalized spacial score (nSPS) is 17.1. The number of hydrogen-bond acceptors (Lipinski definition) is 3. The number of rotatable bonds is 6. The molecule has 1 aliphatic rings. The van der Waals surface area contributed by atoms with Crippen molar-refractivity contribution in [2.75, 3.05) is 26.2 Å². The number of piperazine rings is 1. The second-order valence-electron chi connectivity index (χ2n) is 6.50. The zero-order chi connectivity index (χ0) is 16.7. The predicted molar refractivity (Wildman–Crippen MR) is 90.8 cm³/mol. The first-order valence-electron chi connectivity index (χ1n) is 8.28. The van der Waals surface area contributed by atoms with E-state index >= 15 is 0 Å². The van der Waals surface area contributed by atoms with Crippen molar-refractivity contribution in [1.82, 2.24) is 15.1 Å². The van der Waals surface area contributed by atoms with Crippen molar-refractivity contribution in [3.8, 4) is 0 Å². The highest BCUT2D eigenvalue weighted by atomic mass is 16.2. The fourth-order valence-corrected chi connectivity index (χ4v) is 2.80. The van der Waals surface area contributed by atoms with Gasteiger partial charge in [0, 0.05) is 32.7 Å². The van der Waals surface area contributed by atoms with Crippen molar-refractivity contribution in [3.05, 3.63) is 35.9 Å². The molecule has 0 saturated carbocycles. The number of benzene rings is 1. The van der Waals surface area contributed by atoms with Crippen LogP contribution in [0.5, 0.6) is 0 Å². The van der Waals surface area contributed by atoms with Crippen LogP contribution in [-0.2, 0) is 11.3 Å². The maximum absolute atomic E-state index is 12.2. The number of hydrogen-bond donors (Lipinski definition) is 1. The Labute approximate surface area is 138 Å². The molecule has 1 saturated heterocycles. The summed E-state index contributed by atoms with van der Waals surface area (Å²) in [6, 6.07) is 9.69. The van der Waals surface area contributed by atoms with Gasteiger partial charge >= 0.3 is 6.03 Å². The van der Waals surface area contributed by atoms with Gasteiger partial charge < -0.3 is 10.2 Å². The minimum absolute atomic E-state index is 0.154. The molecule has 125 valence electrons. The average Bonchev–Trinajstić information content (AvgIpc) is 2.55. The van der Waals surface area contributed by atoms with Crippen LogP contribution in [0.2, 0.25) is 0 Å². The first-order valence-corrected chi connectivity index (χ1v) is 8.28. The Morgan fingerprint density at radius 3 is 2.39 bits per heavy atom. The van der Waals surface area contributed by atoms with Crippen LogP contribution >= 0.6 is 0 Å². The van der Waals surface area contributed by atoms with Crippen LogP contribution in [0.1, 0.15) is 25.8 Å². The summed E-state index contributed by atoms with van der Waals surface area (Å²) in [7, 11) is 0. The molecule has 1 N–H and O–H groups in total. The van der Waals surface area contributed by atoms with Gasteiger partial charge in [-0.2, -0.15) is 0 Å². The second kappa shape index (κ2) is 8.67. The summed E-state index contributed by atoms with van der Waals surface area (Å²) in [6.07, 6.45) is 2.55. The molecule has 5 heteroatoms. The van der Waals surface area contributed by atoms with E-state index in [2.05, 4.69) is 22.3 Å². The van der Waals surface area contributed by atoms with E-state index in [9.17, 15) is 9.59 Å². The predicted octanol–water partition coefficient (Wildman–Crippen LogP) is 2.04. The number of carbonyl (C=O) groups excluding carboxylic acids is 2. The number of amides is 2. The summed E-state index contributed by atoms with van der Waals surface area (Å²) < 4.78 is 0. The molecule has 0 bridgehead atoms. The van der Waals surface area contributed by atoms with Crippen LogP contribution in [-0.4, -0.2) is 54.3 Å². The van der Waals surface area contributed by atoms with Gasteiger partial charge in [-0.15, -0.1) is 0 Å². The molecule has 0 unspecified atom stereocenters. The lowest BCUT2D eigenvalue weighted by atomic mass is 10.1. The monoisotopic (exact) mass is 316 g/mol. The van der Waals surface area contributed by atoms with Crippen LogP contribution < -0.4 is 5.32 Å². The zero-order valence-electron chi connectivity index (χ0n) is 14.0. The van der Waals surface area contributed by atoms with Crippen LogP contribution in [0.15, 0.2) is 30.3 Å². The zero-order valence-corrected chi connectivity index (χ0v) is 14.0. The quantitative estimate of drug-likeness (QED) is 0.874. The van der Waals surface area contributed by atoms with Crippen LogP contribution in [0.25, 0.3) is 0 Å². The van der Waals surface area contributed by atoms with E-state index in [4.69, 9.17) is 0 Å². The third-order valence-electron chi connectivity index (χ3n) is 4.06. The average molecular weight is 316 g/mol. The highest BCUT2D eigenvalue weighted by Gasteiger charge is 2.23. The van der Waals surface area contributed by atoms with E-state index in [1.807, 2.05) is 38.3 Å². The molecule has 2 amide bonds. The van der Waals surface area contributed by atoms with Gasteiger partial charge in [0.25, 0.3) is 0 Å². The molecular weight excluding hydrogens is 290 g/mol. The molecule has 5 nitrogen and oxygen atoms in total. The first kappa shape index (κ1) is 17.5. The molecule has 2 rings (SSSR count). The van der Waals surface area contributed by atoms with Crippen LogP contribution in [0, 0.1) is 5.92 Å². The maximum atomic E-state index is 12.2. The highest BCUT2D eigenvalue weighted by Crippen LogP contribution is 2.09. The molecule has 1 atom stereocenters. The molecule has 1 heterocycles. The fraction of sp³-hybridized carbons (Fsp3) is 0.556. The first-order chi connectivity index (χ1) is 11.1. The summed E-state index contributed by atoms with van der Waals surface area (Å²) in [5, 5.41) is 2.78. The standard InChI is InChI=1S/C18H26N3O2/c1-15(2)12-17(14-22)19-18(23)21-10-8-20(9-11-21)13-16-6-4-3-5-7-16/h3-7,15,17H,8-13H2,1-2H3,(H,19,23)/t17-/m0/s1. The molecule has 1 aromatic carbocycles. The second-order valence-corrected chi connectivity index (χ2v) is 6.50. The van der Waals surface area contributed by atoms with Crippen molar-refractivity contribution < 1.29 is 9.59 Å². The Morgan fingerprint density at radius 2 is 1.83 bits per heavy atom. The molecular formula is C18H26N3O2. The van der Waals surface area contributed by atoms with Crippen LogP contribution in [0.4, 0.5) is 4.79 Å².